The molecule has 1 aromatic carbocycles. The number of piperidine rings is 1. The molecule has 1 atom stereocenters. The van der Waals surface area contributed by atoms with Gasteiger partial charge in [0.05, 0.1) is 12.2 Å². The standard InChI is InChI=1S/C35H41F3N8O/c1-5-19-45-31(47)27-22-39-32(40-24-8-10-26(11-9-24)44-20-14-25(15-21-44)43(3)4)42-30(27)46(45)28-12-7-23-13-16-33(17-18-33)34(6-2,29(23)41-28)35(36,37)38/h5,7-12,22,25H,1,6,13-21H2,2-4H3,(H,39,40,42)/t34-/m1/s1. The van der Waals surface area contributed by atoms with Crippen molar-refractivity contribution in [2.75, 3.05) is 37.4 Å². The number of hydrogen-bond acceptors (Lipinski definition) is 7. The van der Waals surface area contributed by atoms with Crippen LogP contribution >= 0.6 is 0 Å². The molecule has 1 aliphatic heterocycles. The zero-order valence-electron chi connectivity index (χ0n) is 27.1. The molecule has 0 radical (unpaired) electrons. The Morgan fingerprint density at radius 2 is 1.79 bits per heavy atom. The summed E-state index contributed by atoms with van der Waals surface area (Å²) in [5.74, 6) is 0.471. The molecule has 4 heterocycles. The Morgan fingerprint density at radius 3 is 2.40 bits per heavy atom. The minimum absolute atomic E-state index is 0.0756. The van der Waals surface area contributed by atoms with Gasteiger partial charge in [-0.05, 0) is 100 Å². The van der Waals surface area contributed by atoms with Crippen molar-refractivity contribution in [3.8, 4) is 5.82 Å². The molecular formula is C35H41F3N8O. The van der Waals surface area contributed by atoms with E-state index < -0.39 is 17.0 Å². The van der Waals surface area contributed by atoms with E-state index in [4.69, 9.17) is 9.97 Å². The van der Waals surface area contributed by atoms with Gasteiger partial charge in [0.1, 0.15) is 10.8 Å². The van der Waals surface area contributed by atoms with Gasteiger partial charge in [-0.3, -0.25) is 4.79 Å². The third-order valence-corrected chi connectivity index (χ3v) is 10.9. The zero-order valence-corrected chi connectivity index (χ0v) is 27.1. The van der Waals surface area contributed by atoms with Crippen molar-refractivity contribution in [1.82, 2.24) is 29.2 Å². The van der Waals surface area contributed by atoms with E-state index in [1.165, 1.54) is 15.6 Å². The van der Waals surface area contributed by atoms with Gasteiger partial charge in [-0.25, -0.2) is 19.3 Å². The van der Waals surface area contributed by atoms with Crippen LogP contribution in [0.5, 0.6) is 0 Å². The summed E-state index contributed by atoms with van der Waals surface area (Å²) in [6, 6.07) is 12.1. The van der Waals surface area contributed by atoms with Crippen LogP contribution in [0.1, 0.15) is 56.7 Å². The predicted molar refractivity (Wildman–Crippen MR) is 178 cm³/mol. The number of benzene rings is 1. The fourth-order valence-corrected chi connectivity index (χ4v) is 8.14. The molecule has 0 amide bonds. The number of rotatable bonds is 8. The smallest absolute Gasteiger partial charge is 0.371 e. The lowest BCUT2D eigenvalue weighted by Gasteiger charge is -2.46. The maximum absolute atomic E-state index is 15.1. The molecule has 1 saturated heterocycles. The summed E-state index contributed by atoms with van der Waals surface area (Å²) in [7, 11) is 4.26. The SMILES string of the molecule is C=CCn1c(=O)c2cnc(Nc3ccc(N4CCC(N(C)C)CC4)cc3)nc2n1-c1ccc2c(n1)[C@@](CC)(C(F)(F)F)C1(CC2)CC1. The van der Waals surface area contributed by atoms with Crippen molar-refractivity contribution in [2.24, 2.45) is 5.41 Å². The number of pyridine rings is 1. The average molecular weight is 647 g/mol. The van der Waals surface area contributed by atoms with Gasteiger partial charge in [-0.15, -0.1) is 6.58 Å². The first-order valence-corrected chi connectivity index (χ1v) is 16.5. The molecule has 9 nitrogen and oxygen atoms in total. The fraction of sp³-hybridized carbons (Fsp3) is 0.486. The Labute approximate surface area is 272 Å². The van der Waals surface area contributed by atoms with E-state index in [9.17, 15) is 4.79 Å². The van der Waals surface area contributed by atoms with Crippen LogP contribution < -0.4 is 15.8 Å². The van der Waals surface area contributed by atoms with Gasteiger partial charge in [0.25, 0.3) is 5.56 Å². The van der Waals surface area contributed by atoms with Crippen LogP contribution in [0.2, 0.25) is 0 Å². The normalized spacial score (nSPS) is 21.0. The van der Waals surface area contributed by atoms with Crippen LogP contribution in [0.15, 0.2) is 60.0 Å². The molecule has 1 N–H and O–H groups in total. The summed E-state index contributed by atoms with van der Waals surface area (Å²) < 4.78 is 48.2. The van der Waals surface area contributed by atoms with Crippen LogP contribution in [0.4, 0.5) is 30.5 Å². The van der Waals surface area contributed by atoms with E-state index in [1.807, 2.05) is 12.1 Å². The highest BCUT2D eigenvalue weighted by atomic mass is 19.4. The van der Waals surface area contributed by atoms with Gasteiger partial charge < -0.3 is 15.1 Å². The predicted octanol–water partition coefficient (Wildman–Crippen LogP) is 6.37. The third-order valence-electron chi connectivity index (χ3n) is 10.9. The Balaban J connectivity index is 1.25. The lowest BCUT2D eigenvalue weighted by Crippen LogP contribution is -2.53. The second-order valence-corrected chi connectivity index (χ2v) is 13.5. The van der Waals surface area contributed by atoms with E-state index in [0.717, 1.165) is 37.3 Å². The van der Waals surface area contributed by atoms with Gasteiger partial charge in [0.2, 0.25) is 5.95 Å². The minimum Gasteiger partial charge on any atom is -0.371 e. The molecule has 47 heavy (non-hydrogen) atoms. The Hall–Kier alpha value is -4.19. The van der Waals surface area contributed by atoms with Crippen LogP contribution in [0, 0.1) is 5.41 Å². The molecule has 0 unspecified atom stereocenters. The largest absolute Gasteiger partial charge is 0.400 e. The highest BCUT2D eigenvalue weighted by Gasteiger charge is 2.73. The fourth-order valence-electron chi connectivity index (χ4n) is 8.14. The van der Waals surface area contributed by atoms with Gasteiger partial charge in [0.15, 0.2) is 11.5 Å². The number of aromatic nitrogens is 5. The van der Waals surface area contributed by atoms with E-state index in [1.54, 1.807) is 25.1 Å². The zero-order chi connectivity index (χ0) is 33.1. The molecule has 2 aliphatic carbocycles. The number of hydrogen-bond donors (Lipinski definition) is 1. The van der Waals surface area contributed by atoms with Crippen molar-refractivity contribution >= 4 is 28.4 Å². The topological polar surface area (TPSA) is 84.1 Å². The first-order valence-electron chi connectivity index (χ1n) is 16.5. The number of aryl methyl sites for hydroxylation is 1. The Kier molecular flexibility index (Phi) is 7.69. The molecule has 0 bridgehead atoms. The van der Waals surface area contributed by atoms with Crippen LogP contribution in [0.3, 0.4) is 0 Å². The molecule has 3 aliphatic rings. The van der Waals surface area contributed by atoms with Crippen molar-refractivity contribution < 1.29 is 13.2 Å². The lowest BCUT2D eigenvalue weighted by molar-refractivity contribution is -0.217. The molecule has 2 fully saturated rings. The number of halogens is 3. The van der Waals surface area contributed by atoms with Gasteiger partial charge >= 0.3 is 6.18 Å². The Bertz CT molecular complexity index is 1870. The van der Waals surface area contributed by atoms with Crippen molar-refractivity contribution in [3.05, 3.63) is 76.9 Å². The highest BCUT2D eigenvalue weighted by molar-refractivity contribution is 5.77. The molecule has 248 valence electrons. The molecular weight excluding hydrogens is 605 g/mol. The molecule has 4 aromatic rings. The summed E-state index contributed by atoms with van der Waals surface area (Å²) in [6.45, 7) is 7.52. The van der Waals surface area contributed by atoms with Crippen molar-refractivity contribution in [2.45, 2.75) is 76.0 Å². The van der Waals surface area contributed by atoms with Gasteiger partial charge in [-0.2, -0.15) is 18.2 Å². The number of anilines is 3. The van der Waals surface area contributed by atoms with E-state index >= 15 is 13.2 Å². The number of nitrogens with one attached hydrogen (secondary N) is 1. The molecule has 1 saturated carbocycles. The number of fused-ring (bicyclic) bond motifs is 2. The van der Waals surface area contributed by atoms with E-state index in [0.29, 0.717) is 37.3 Å². The first-order chi connectivity index (χ1) is 22.5. The summed E-state index contributed by atoms with van der Waals surface area (Å²) in [5, 5.41) is 3.48. The first kappa shape index (κ1) is 31.4. The second kappa shape index (κ2) is 11.5. The molecule has 1 spiro atoms. The van der Waals surface area contributed by atoms with Gasteiger partial charge in [-0.1, -0.05) is 19.1 Å². The molecule has 7 rings (SSSR count). The maximum Gasteiger partial charge on any atom is 0.400 e. The van der Waals surface area contributed by atoms with E-state index in [-0.39, 0.29) is 47.0 Å². The second-order valence-electron chi connectivity index (χ2n) is 13.5. The highest BCUT2D eigenvalue weighted by Crippen LogP contribution is 2.70. The number of alkyl halides is 3. The van der Waals surface area contributed by atoms with Crippen LogP contribution in [0.25, 0.3) is 16.9 Å². The summed E-state index contributed by atoms with van der Waals surface area (Å²) in [4.78, 5) is 32.1. The number of nitrogens with zero attached hydrogens (tertiary/aromatic N) is 7. The lowest BCUT2D eigenvalue weighted by atomic mass is 9.61. The minimum atomic E-state index is -4.46. The monoisotopic (exact) mass is 646 g/mol. The van der Waals surface area contributed by atoms with E-state index in [2.05, 4.69) is 52.9 Å². The summed E-state index contributed by atoms with van der Waals surface area (Å²) >= 11 is 0. The Morgan fingerprint density at radius 1 is 1.06 bits per heavy atom. The molecule has 3 aromatic heterocycles. The maximum atomic E-state index is 15.1. The number of allylic oxidation sites excluding steroid dienone is 1. The summed E-state index contributed by atoms with van der Waals surface area (Å²) in [5.41, 5.74) is -0.364. The quantitative estimate of drug-likeness (QED) is 0.223. The molecule has 12 heteroatoms. The van der Waals surface area contributed by atoms with Crippen molar-refractivity contribution in [3.63, 3.8) is 0 Å². The van der Waals surface area contributed by atoms with Crippen LogP contribution in [-0.2, 0) is 18.4 Å². The van der Waals surface area contributed by atoms with Crippen LogP contribution in [-0.4, -0.2) is 68.6 Å². The van der Waals surface area contributed by atoms with Crippen molar-refractivity contribution in [1.29, 1.82) is 0 Å². The van der Waals surface area contributed by atoms with Gasteiger partial charge in [0, 0.05) is 36.7 Å². The third kappa shape index (κ3) is 5.03. The average Bonchev–Trinajstić information content (AvgIpc) is 3.78. The summed E-state index contributed by atoms with van der Waals surface area (Å²) in [6.07, 6.45) is 2.83.